The fraction of sp³-hybridized carbons (Fsp3) is 0.538. The van der Waals surface area contributed by atoms with E-state index in [2.05, 4.69) is 5.32 Å². The molecule has 0 amide bonds. The van der Waals surface area contributed by atoms with E-state index in [0.717, 1.165) is 18.9 Å². The lowest BCUT2D eigenvalue weighted by Crippen LogP contribution is -2.43. The zero-order valence-corrected chi connectivity index (χ0v) is 12.4. The topological polar surface area (TPSA) is 58.6 Å². The summed E-state index contributed by atoms with van der Waals surface area (Å²) in [6.45, 7) is 0.892. The summed E-state index contributed by atoms with van der Waals surface area (Å²) in [6, 6.07) is 4.07. The zero-order chi connectivity index (χ0) is 14.8. The van der Waals surface area contributed by atoms with Gasteiger partial charge < -0.3 is 10.1 Å². The van der Waals surface area contributed by atoms with E-state index in [4.69, 9.17) is 4.74 Å². The Hall–Kier alpha value is -1.18. The van der Waals surface area contributed by atoms with Crippen molar-refractivity contribution in [3.63, 3.8) is 0 Å². The molecule has 0 aromatic heterocycles. The summed E-state index contributed by atoms with van der Waals surface area (Å²) in [6.07, 6.45) is 1.52. The van der Waals surface area contributed by atoms with Gasteiger partial charge in [0.25, 0.3) is 0 Å². The van der Waals surface area contributed by atoms with Gasteiger partial charge in [-0.25, -0.2) is 12.8 Å². The Bertz CT molecular complexity index is 569. The van der Waals surface area contributed by atoms with Crippen molar-refractivity contribution in [2.24, 2.45) is 0 Å². The minimum atomic E-state index is -3.63. The molecule has 1 heterocycles. The van der Waals surface area contributed by atoms with E-state index < -0.39 is 15.8 Å². The molecule has 0 bridgehead atoms. The highest BCUT2D eigenvalue weighted by molar-refractivity contribution is 7.89. The molecule has 0 aliphatic carbocycles. The fourth-order valence-corrected chi connectivity index (χ4v) is 3.82. The zero-order valence-electron chi connectivity index (χ0n) is 11.6. The Labute approximate surface area is 118 Å². The van der Waals surface area contributed by atoms with Crippen molar-refractivity contribution in [1.29, 1.82) is 0 Å². The van der Waals surface area contributed by atoms with Crippen molar-refractivity contribution in [2.45, 2.75) is 23.8 Å². The van der Waals surface area contributed by atoms with Crippen LogP contribution in [0, 0.1) is 5.82 Å². The number of nitrogens with one attached hydrogen (secondary N) is 1. The van der Waals surface area contributed by atoms with Crippen molar-refractivity contribution in [3.8, 4) is 5.75 Å². The number of rotatable bonds is 4. The van der Waals surface area contributed by atoms with Crippen molar-refractivity contribution in [3.05, 3.63) is 24.0 Å². The van der Waals surface area contributed by atoms with Gasteiger partial charge in [0.15, 0.2) is 11.6 Å². The Morgan fingerprint density at radius 1 is 1.35 bits per heavy atom. The van der Waals surface area contributed by atoms with Gasteiger partial charge >= 0.3 is 0 Å². The second kappa shape index (κ2) is 6.07. The van der Waals surface area contributed by atoms with Crippen LogP contribution in [0.15, 0.2) is 23.1 Å². The number of hydrogen-bond acceptors (Lipinski definition) is 4. The van der Waals surface area contributed by atoms with E-state index in [0.29, 0.717) is 19.1 Å². The lowest BCUT2D eigenvalue weighted by atomic mass is 10.1. The lowest BCUT2D eigenvalue weighted by molar-refractivity contribution is 0.298. The van der Waals surface area contributed by atoms with Gasteiger partial charge in [-0.1, -0.05) is 0 Å². The van der Waals surface area contributed by atoms with E-state index in [9.17, 15) is 12.8 Å². The predicted molar refractivity (Wildman–Crippen MR) is 73.8 cm³/mol. The minimum absolute atomic E-state index is 0.0290. The van der Waals surface area contributed by atoms with Crippen LogP contribution in [0.1, 0.15) is 12.8 Å². The van der Waals surface area contributed by atoms with E-state index in [-0.39, 0.29) is 10.6 Å². The molecule has 1 aromatic rings. The molecule has 20 heavy (non-hydrogen) atoms. The first kappa shape index (κ1) is 15.2. The molecule has 1 saturated heterocycles. The second-order valence-electron chi connectivity index (χ2n) is 4.76. The molecule has 0 saturated carbocycles. The first-order valence-electron chi connectivity index (χ1n) is 6.50. The number of sulfonamides is 1. The van der Waals surface area contributed by atoms with Crippen LogP contribution in [-0.2, 0) is 10.0 Å². The van der Waals surface area contributed by atoms with Crippen LogP contribution in [0.2, 0.25) is 0 Å². The van der Waals surface area contributed by atoms with Crippen molar-refractivity contribution < 1.29 is 17.5 Å². The SMILES string of the molecule is CNC1CCN(S(=O)(=O)c2ccc(OC)c(F)c2)CC1. The summed E-state index contributed by atoms with van der Waals surface area (Å²) in [7, 11) is -0.420. The van der Waals surface area contributed by atoms with Gasteiger partial charge in [0, 0.05) is 19.1 Å². The van der Waals surface area contributed by atoms with Crippen LogP contribution in [0.25, 0.3) is 0 Å². The third kappa shape index (κ3) is 2.94. The van der Waals surface area contributed by atoms with Crippen LogP contribution in [0.3, 0.4) is 0 Å². The molecular weight excluding hydrogens is 283 g/mol. The highest BCUT2D eigenvalue weighted by Gasteiger charge is 2.29. The van der Waals surface area contributed by atoms with Crippen LogP contribution < -0.4 is 10.1 Å². The van der Waals surface area contributed by atoms with Gasteiger partial charge in [-0.3, -0.25) is 0 Å². The van der Waals surface area contributed by atoms with Crippen LogP contribution >= 0.6 is 0 Å². The van der Waals surface area contributed by atoms with Gasteiger partial charge in [-0.2, -0.15) is 4.31 Å². The number of ether oxygens (including phenoxy) is 1. The average Bonchev–Trinajstić information content (AvgIpc) is 2.47. The maximum Gasteiger partial charge on any atom is 0.243 e. The quantitative estimate of drug-likeness (QED) is 0.908. The molecule has 7 heteroatoms. The number of benzene rings is 1. The maximum atomic E-state index is 13.6. The van der Waals surface area contributed by atoms with Crippen molar-refractivity contribution >= 4 is 10.0 Å². The smallest absolute Gasteiger partial charge is 0.243 e. The first-order chi connectivity index (χ1) is 9.48. The Kier molecular flexibility index (Phi) is 4.62. The Morgan fingerprint density at radius 3 is 2.50 bits per heavy atom. The van der Waals surface area contributed by atoms with Crippen LogP contribution in [0.4, 0.5) is 4.39 Å². The average molecular weight is 302 g/mol. The summed E-state index contributed by atoms with van der Waals surface area (Å²) in [5.74, 6) is -0.628. The van der Waals surface area contributed by atoms with Gasteiger partial charge in [0.05, 0.1) is 12.0 Å². The van der Waals surface area contributed by atoms with Gasteiger partial charge in [0.1, 0.15) is 0 Å². The molecule has 0 unspecified atom stereocenters. The Morgan fingerprint density at radius 2 is 2.00 bits per heavy atom. The summed E-state index contributed by atoms with van der Waals surface area (Å²) in [5, 5.41) is 3.14. The van der Waals surface area contributed by atoms with E-state index >= 15 is 0 Å². The third-order valence-electron chi connectivity index (χ3n) is 3.62. The van der Waals surface area contributed by atoms with E-state index in [1.54, 1.807) is 0 Å². The lowest BCUT2D eigenvalue weighted by Gasteiger charge is -2.31. The third-order valence-corrected chi connectivity index (χ3v) is 5.52. The molecule has 1 fully saturated rings. The number of piperidine rings is 1. The standard InChI is InChI=1S/C13H19FN2O3S/c1-15-10-5-7-16(8-6-10)20(17,18)11-3-4-13(19-2)12(14)9-11/h3-4,9-10,15H,5-8H2,1-2H3. The molecule has 0 spiro atoms. The first-order valence-corrected chi connectivity index (χ1v) is 7.94. The predicted octanol–water partition coefficient (Wildman–Crippen LogP) is 1.21. The van der Waals surface area contributed by atoms with Crippen LogP contribution in [-0.4, -0.2) is 46.0 Å². The highest BCUT2D eigenvalue weighted by Crippen LogP contribution is 2.25. The molecular formula is C13H19FN2O3S. The fourth-order valence-electron chi connectivity index (χ4n) is 2.34. The number of halogens is 1. The summed E-state index contributed by atoms with van der Waals surface area (Å²) in [5.41, 5.74) is 0. The summed E-state index contributed by atoms with van der Waals surface area (Å²) < 4.78 is 44.7. The molecule has 1 N–H and O–H groups in total. The Balaban J connectivity index is 2.20. The molecule has 5 nitrogen and oxygen atoms in total. The molecule has 1 aromatic carbocycles. The van der Waals surface area contributed by atoms with Gasteiger partial charge in [-0.15, -0.1) is 0 Å². The number of methoxy groups -OCH3 is 1. The summed E-state index contributed by atoms with van der Waals surface area (Å²) >= 11 is 0. The molecule has 1 aliphatic heterocycles. The summed E-state index contributed by atoms with van der Waals surface area (Å²) in [4.78, 5) is -0.0290. The molecule has 0 radical (unpaired) electrons. The van der Waals surface area contributed by atoms with Gasteiger partial charge in [0.2, 0.25) is 10.0 Å². The molecule has 112 valence electrons. The highest BCUT2D eigenvalue weighted by atomic mass is 32.2. The molecule has 1 aliphatic rings. The van der Waals surface area contributed by atoms with Gasteiger partial charge in [-0.05, 0) is 38.1 Å². The number of hydrogen-bond donors (Lipinski definition) is 1. The second-order valence-corrected chi connectivity index (χ2v) is 6.70. The monoisotopic (exact) mass is 302 g/mol. The van der Waals surface area contributed by atoms with Crippen LogP contribution in [0.5, 0.6) is 5.75 Å². The van der Waals surface area contributed by atoms with Crippen molar-refractivity contribution in [2.75, 3.05) is 27.2 Å². The molecule has 2 rings (SSSR count). The normalized spacial score (nSPS) is 18.1. The number of nitrogens with zero attached hydrogens (tertiary/aromatic N) is 1. The maximum absolute atomic E-state index is 13.6. The van der Waals surface area contributed by atoms with E-state index in [1.807, 2.05) is 7.05 Å². The van der Waals surface area contributed by atoms with E-state index in [1.165, 1.54) is 23.5 Å². The van der Waals surface area contributed by atoms with Crippen molar-refractivity contribution in [1.82, 2.24) is 9.62 Å². The largest absolute Gasteiger partial charge is 0.494 e. The minimum Gasteiger partial charge on any atom is -0.494 e. The molecule has 0 atom stereocenters.